The number of nitrogens with zero attached hydrogens (tertiary/aromatic N) is 2. The summed E-state index contributed by atoms with van der Waals surface area (Å²) in [6, 6.07) is 76.4. The molecule has 0 heterocycles. The van der Waals surface area contributed by atoms with Crippen molar-refractivity contribution < 1.29 is 0 Å². The van der Waals surface area contributed by atoms with E-state index in [-0.39, 0.29) is 0 Å². The van der Waals surface area contributed by atoms with Crippen LogP contribution in [0.1, 0.15) is 50.7 Å². The molecule has 0 aliphatic carbocycles. The van der Waals surface area contributed by atoms with Crippen molar-refractivity contribution in [1.82, 2.24) is 0 Å². The first-order valence-corrected chi connectivity index (χ1v) is 22.0. The summed E-state index contributed by atoms with van der Waals surface area (Å²) in [6.45, 7) is 9.20. The van der Waals surface area contributed by atoms with Gasteiger partial charge in [-0.3, -0.25) is 0 Å². The molecule has 0 N–H and O–H groups in total. The lowest BCUT2D eigenvalue weighted by atomic mass is 9.86. The zero-order valence-electron chi connectivity index (χ0n) is 35.7. The fourth-order valence-corrected chi connectivity index (χ4v) is 9.71. The van der Waals surface area contributed by atoms with Crippen LogP contribution in [0.25, 0.3) is 64.6 Å². The summed E-state index contributed by atoms with van der Waals surface area (Å²) in [6.07, 6.45) is 0. The van der Waals surface area contributed by atoms with Gasteiger partial charge in [0.2, 0.25) is 0 Å². The number of rotatable bonds is 8. The summed E-state index contributed by atoms with van der Waals surface area (Å²) < 4.78 is 0. The summed E-state index contributed by atoms with van der Waals surface area (Å²) in [5.74, 6) is 0.803. The zero-order chi connectivity index (χ0) is 41.9. The second kappa shape index (κ2) is 15.2. The largest absolute Gasteiger partial charge is 0.310 e. The van der Waals surface area contributed by atoms with E-state index in [0.717, 1.165) is 34.1 Å². The van der Waals surface area contributed by atoms with Crippen LogP contribution in [0.2, 0.25) is 0 Å². The quantitative estimate of drug-likeness (QED) is 0.112. The highest BCUT2D eigenvalue weighted by Crippen LogP contribution is 2.46. The van der Waals surface area contributed by atoms with Gasteiger partial charge in [0.15, 0.2) is 0 Å². The Morgan fingerprint density at radius 2 is 0.484 bits per heavy atom. The topological polar surface area (TPSA) is 6.48 Å². The van der Waals surface area contributed by atoms with Crippen LogP contribution >= 0.6 is 0 Å². The van der Waals surface area contributed by atoms with Crippen molar-refractivity contribution in [3.8, 4) is 0 Å². The lowest BCUT2D eigenvalue weighted by Crippen LogP contribution is -2.09. The smallest absolute Gasteiger partial charge is 0.0468 e. The van der Waals surface area contributed by atoms with Crippen LogP contribution in [0.4, 0.5) is 34.1 Å². The number of anilines is 6. The van der Waals surface area contributed by atoms with Gasteiger partial charge in [-0.2, -0.15) is 0 Å². The van der Waals surface area contributed by atoms with Crippen LogP contribution < -0.4 is 9.80 Å². The molecule has 0 aromatic heterocycles. The van der Waals surface area contributed by atoms with Crippen molar-refractivity contribution in [2.24, 2.45) is 0 Å². The highest BCUT2D eigenvalue weighted by Gasteiger charge is 2.20. The molecule has 0 aliphatic rings. The van der Waals surface area contributed by atoms with Gasteiger partial charge in [0, 0.05) is 34.1 Å². The van der Waals surface area contributed by atoms with Crippen LogP contribution in [0.5, 0.6) is 0 Å². The Balaban J connectivity index is 1.23. The molecule has 0 saturated heterocycles. The van der Waals surface area contributed by atoms with E-state index in [4.69, 9.17) is 0 Å². The van der Waals surface area contributed by atoms with E-state index in [1.54, 1.807) is 0 Å². The van der Waals surface area contributed by atoms with E-state index in [9.17, 15) is 0 Å². The Morgan fingerprint density at radius 1 is 0.226 bits per heavy atom. The molecule has 11 aromatic rings. The Hall–Kier alpha value is -7.42. The average Bonchev–Trinajstić information content (AvgIpc) is 3.32. The van der Waals surface area contributed by atoms with Crippen molar-refractivity contribution in [2.45, 2.75) is 39.5 Å². The van der Waals surface area contributed by atoms with Gasteiger partial charge in [0.25, 0.3) is 0 Å². The van der Waals surface area contributed by atoms with Crippen molar-refractivity contribution >= 4 is 98.8 Å². The first-order valence-electron chi connectivity index (χ1n) is 22.0. The molecule has 0 amide bonds. The minimum Gasteiger partial charge on any atom is -0.310 e. The number of hydrogen-bond acceptors (Lipinski definition) is 2. The second-order valence-electron chi connectivity index (χ2n) is 17.3. The van der Waals surface area contributed by atoms with Crippen LogP contribution in [-0.2, 0) is 0 Å². The molecule has 0 bridgehead atoms. The third-order valence-corrected chi connectivity index (χ3v) is 12.9. The van der Waals surface area contributed by atoms with Crippen molar-refractivity contribution in [1.29, 1.82) is 0 Å². The summed E-state index contributed by atoms with van der Waals surface area (Å²) in [5.41, 5.74) is 9.51. The molecule has 0 radical (unpaired) electrons. The fourth-order valence-electron chi connectivity index (χ4n) is 9.71. The van der Waals surface area contributed by atoms with Crippen LogP contribution in [0, 0.1) is 0 Å². The maximum absolute atomic E-state index is 2.51. The Kier molecular flexibility index (Phi) is 9.24. The number of hydrogen-bond donors (Lipinski definition) is 0. The maximum atomic E-state index is 2.51. The van der Waals surface area contributed by atoms with Gasteiger partial charge >= 0.3 is 0 Å². The average molecular weight is 797 g/mol. The predicted molar refractivity (Wildman–Crippen MR) is 269 cm³/mol. The summed E-state index contributed by atoms with van der Waals surface area (Å²) in [5, 5.41) is 15.3. The molecule has 2 nitrogen and oxygen atoms in total. The fraction of sp³-hybridized carbons (Fsp3) is 0.100. The van der Waals surface area contributed by atoms with Gasteiger partial charge in [0.05, 0.1) is 0 Å². The van der Waals surface area contributed by atoms with Gasteiger partial charge in [-0.05, 0) is 173 Å². The summed E-state index contributed by atoms with van der Waals surface area (Å²) >= 11 is 0. The minimum atomic E-state index is 0.401. The van der Waals surface area contributed by atoms with Gasteiger partial charge in [0.1, 0.15) is 0 Å². The van der Waals surface area contributed by atoms with Crippen LogP contribution in [0.15, 0.2) is 206 Å². The van der Waals surface area contributed by atoms with E-state index < -0.39 is 0 Å². The van der Waals surface area contributed by atoms with Gasteiger partial charge in [-0.25, -0.2) is 0 Å². The first-order chi connectivity index (χ1) is 30.4. The van der Waals surface area contributed by atoms with Crippen molar-refractivity contribution in [3.63, 3.8) is 0 Å². The van der Waals surface area contributed by atoms with Gasteiger partial charge in [-0.1, -0.05) is 149 Å². The molecule has 11 aromatic carbocycles. The Morgan fingerprint density at radius 3 is 0.790 bits per heavy atom. The molecular weight excluding hydrogens is 749 g/mol. The highest BCUT2D eigenvalue weighted by atomic mass is 15.1. The van der Waals surface area contributed by atoms with E-state index in [1.165, 1.54) is 75.8 Å². The lowest BCUT2D eigenvalue weighted by molar-refractivity contribution is 0.869. The molecule has 0 spiro atoms. The maximum Gasteiger partial charge on any atom is 0.0468 e. The molecular formula is C60H48N2. The standard InChI is InChI=1S/C60H48N2/c1-39(2)41-25-29-49-53(33-41)59-37-58-52-32-28-48(62(45-21-13-7-14-22-45)46-23-15-8-16-24-46)36-56(52)50-30-26-42(40(3)4)34-54(50)60(58)38-57(59)51-31-27-47(35-55(49)51)61(43-17-9-5-10-18-43)44-19-11-6-12-20-44/h5-40H,1-4H3. The molecule has 0 aliphatic heterocycles. The van der Waals surface area contributed by atoms with E-state index >= 15 is 0 Å². The van der Waals surface area contributed by atoms with E-state index in [0.29, 0.717) is 11.8 Å². The van der Waals surface area contributed by atoms with E-state index in [2.05, 4.69) is 244 Å². The molecule has 11 rings (SSSR count). The molecule has 0 atom stereocenters. The van der Waals surface area contributed by atoms with Gasteiger partial charge in [-0.15, -0.1) is 0 Å². The van der Waals surface area contributed by atoms with Crippen molar-refractivity contribution in [2.75, 3.05) is 9.80 Å². The van der Waals surface area contributed by atoms with Crippen LogP contribution in [0.3, 0.4) is 0 Å². The van der Waals surface area contributed by atoms with Crippen LogP contribution in [-0.4, -0.2) is 0 Å². The summed E-state index contributed by atoms with van der Waals surface area (Å²) in [4.78, 5) is 4.74. The third kappa shape index (κ3) is 6.34. The predicted octanol–water partition coefficient (Wildman–Crippen LogP) is 17.8. The second-order valence-corrected chi connectivity index (χ2v) is 17.3. The minimum absolute atomic E-state index is 0.401. The molecule has 0 saturated carbocycles. The normalized spacial score (nSPS) is 11.8. The Labute approximate surface area is 363 Å². The lowest BCUT2D eigenvalue weighted by Gasteiger charge is -2.26. The highest BCUT2D eigenvalue weighted by molar-refractivity contribution is 6.33. The third-order valence-electron chi connectivity index (χ3n) is 12.9. The molecule has 62 heavy (non-hydrogen) atoms. The molecule has 0 unspecified atom stereocenters. The molecule has 298 valence electrons. The molecule has 0 fully saturated rings. The molecule has 2 heteroatoms. The Bertz CT molecular complexity index is 3130. The van der Waals surface area contributed by atoms with Gasteiger partial charge < -0.3 is 9.80 Å². The first kappa shape index (κ1) is 37.6. The van der Waals surface area contributed by atoms with Crippen molar-refractivity contribution in [3.05, 3.63) is 217 Å². The monoisotopic (exact) mass is 796 g/mol. The number of para-hydroxylation sites is 4. The number of fused-ring (bicyclic) bond motifs is 12. The SMILES string of the molecule is CC(C)c1ccc2c(c1)c1cc3c4ccc(N(c5ccccc5)c5ccccc5)cc4c4ccc(C(C)C)cc4c3cc1c1ccc(N(c3ccccc3)c3ccccc3)cc21. The summed E-state index contributed by atoms with van der Waals surface area (Å²) in [7, 11) is 0. The van der Waals surface area contributed by atoms with E-state index in [1.807, 2.05) is 0 Å². The number of benzene rings is 11. The zero-order valence-corrected chi connectivity index (χ0v) is 35.7.